The van der Waals surface area contributed by atoms with Gasteiger partial charge in [0, 0.05) is 52.5 Å². The highest BCUT2D eigenvalue weighted by Gasteiger charge is 2.33. The molecule has 0 aromatic heterocycles. The molecule has 0 aliphatic carbocycles. The van der Waals surface area contributed by atoms with Gasteiger partial charge in [0.15, 0.2) is 0 Å². The van der Waals surface area contributed by atoms with E-state index in [1.165, 1.54) is 0 Å². The zero-order chi connectivity index (χ0) is 15.2. The number of rotatable bonds is 5. The molecule has 6 heteroatoms. The van der Waals surface area contributed by atoms with Crippen molar-refractivity contribution in [3.05, 3.63) is 0 Å². The van der Waals surface area contributed by atoms with Crippen molar-refractivity contribution in [2.75, 3.05) is 53.1 Å². The van der Waals surface area contributed by atoms with Gasteiger partial charge in [0.1, 0.15) is 0 Å². The van der Waals surface area contributed by atoms with Crippen LogP contribution in [0, 0.1) is 5.92 Å². The number of nitrogens with two attached hydrogens (primary N) is 1. The lowest BCUT2D eigenvalue weighted by Gasteiger charge is -2.41. The maximum absolute atomic E-state index is 12.6. The Morgan fingerprint density at radius 3 is 2.71 bits per heavy atom. The van der Waals surface area contributed by atoms with Gasteiger partial charge in [-0.1, -0.05) is 0 Å². The minimum atomic E-state index is -0.369. The van der Waals surface area contributed by atoms with Crippen molar-refractivity contribution in [1.82, 2.24) is 9.80 Å². The van der Waals surface area contributed by atoms with Crippen LogP contribution in [0.3, 0.4) is 0 Å². The molecule has 2 aliphatic rings. The molecule has 2 fully saturated rings. The molecule has 21 heavy (non-hydrogen) atoms. The lowest BCUT2D eigenvalue weighted by molar-refractivity contribution is -0.137. The molecule has 2 saturated heterocycles. The highest BCUT2D eigenvalue weighted by atomic mass is 16.5. The fraction of sp³-hybridized carbons (Fsp3) is 0.933. The molecule has 0 saturated carbocycles. The highest BCUT2D eigenvalue weighted by Crippen LogP contribution is 2.20. The second-order valence-electron chi connectivity index (χ2n) is 6.14. The second-order valence-corrected chi connectivity index (χ2v) is 6.14. The van der Waals surface area contributed by atoms with Crippen LogP contribution in [-0.4, -0.2) is 80.9 Å². The van der Waals surface area contributed by atoms with Crippen molar-refractivity contribution in [3.8, 4) is 0 Å². The number of piperazine rings is 1. The van der Waals surface area contributed by atoms with Crippen LogP contribution in [0.4, 0.5) is 0 Å². The first kappa shape index (κ1) is 16.7. The van der Waals surface area contributed by atoms with Crippen LogP contribution in [0.5, 0.6) is 0 Å². The molecule has 0 bridgehead atoms. The lowest BCUT2D eigenvalue weighted by atomic mass is 9.91. The number of hydrogen-bond acceptors (Lipinski definition) is 5. The summed E-state index contributed by atoms with van der Waals surface area (Å²) in [4.78, 5) is 16.9. The van der Waals surface area contributed by atoms with Crippen molar-refractivity contribution < 1.29 is 14.3 Å². The number of carbonyl (C=O) groups is 1. The summed E-state index contributed by atoms with van der Waals surface area (Å²) in [7, 11) is 1.72. The lowest BCUT2D eigenvalue weighted by Crippen LogP contribution is -2.58. The summed E-state index contributed by atoms with van der Waals surface area (Å²) < 4.78 is 10.5. The topological polar surface area (TPSA) is 68.0 Å². The van der Waals surface area contributed by atoms with E-state index in [0.717, 1.165) is 58.8 Å². The molecule has 0 radical (unpaired) electrons. The van der Waals surface area contributed by atoms with E-state index in [1.807, 2.05) is 4.90 Å². The van der Waals surface area contributed by atoms with Crippen LogP contribution >= 0.6 is 0 Å². The largest absolute Gasteiger partial charge is 0.383 e. The molecule has 2 atom stereocenters. The van der Waals surface area contributed by atoms with Crippen molar-refractivity contribution >= 4 is 5.91 Å². The predicted octanol–water partition coefficient (Wildman–Crippen LogP) is -0.0806. The van der Waals surface area contributed by atoms with Crippen LogP contribution in [0.25, 0.3) is 0 Å². The first-order chi connectivity index (χ1) is 10.1. The fourth-order valence-corrected chi connectivity index (χ4v) is 3.22. The van der Waals surface area contributed by atoms with E-state index in [0.29, 0.717) is 6.04 Å². The Hall–Kier alpha value is -0.690. The fourth-order valence-electron chi connectivity index (χ4n) is 3.22. The van der Waals surface area contributed by atoms with E-state index in [9.17, 15) is 4.79 Å². The van der Waals surface area contributed by atoms with E-state index < -0.39 is 0 Å². The molecule has 0 spiro atoms. The number of methoxy groups -OCH3 is 1. The molecule has 6 nitrogen and oxygen atoms in total. The standard InChI is InChI=1S/C15H29N3O3/c1-12-11-18(6-5-17(12)7-10-20-2)15(19)14(16)13-3-8-21-9-4-13/h12-14H,3-11,16H2,1-2H3. The summed E-state index contributed by atoms with van der Waals surface area (Å²) in [5, 5.41) is 0. The molecular weight excluding hydrogens is 270 g/mol. The smallest absolute Gasteiger partial charge is 0.239 e. The Morgan fingerprint density at radius 1 is 1.38 bits per heavy atom. The third-order valence-electron chi connectivity index (χ3n) is 4.72. The Labute approximate surface area is 127 Å². The summed E-state index contributed by atoms with van der Waals surface area (Å²) >= 11 is 0. The Morgan fingerprint density at radius 2 is 2.10 bits per heavy atom. The molecule has 2 aliphatic heterocycles. The summed E-state index contributed by atoms with van der Waals surface area (Å²) in [6.45, 7) is 7.71. The third-order valence-corrected chi connectivity index (χ3v) is 4.72. The van der Waals surface area contributed by atoms with E-state index >= 15 is 0 Å². The van der Waals surface area contributed by atoms with Crippen LogP contribution in [-0.2, 0) is 14.3 Å². The maximum Gasteiger partial charge on any atom is 0.239 e. The summed E-state index contributed by atoms with van der Waals surface area (Å²) in [6, 6.07) is -0.00800. The molecule has 0 aromatic rings. The number of ether oxygens (including phenoxy) is 2. The van der Waals surface area contributed by atoms with Gasteiger partial charge in [0.2, 0.25) is 5.91 Å². The van der Waals surface area contributed by atoms with E-state index in [2.05, 4.69) is 11.8 Å². The van der Waals surface area contributed by atoms with Crippen molar-refractivity contribution in [2.24, 2.45) is 11.7 Å². The van der Waals surface area contributed by atoms with E-state index in [4.69, 9.17) is 15.2 Å². The zero-order valence-electron chi connectivity index (χ0n) is 13.3. The Bertz CT molecular complexity index is 334. The normalized spacial score (nSPS) is 26.8. The van der Waals surface area contributed by atoms with E-state index in [1.54, 1.807) is 7.11 Å². The monoisotopic (exact) mass is 299 g/mol. The Balaban J connectivity index is 1.83. The number of nitrogens with zero attached hydrogens (tertiary/aromatic N) is 2. The van der Waals surface area contributed by atoms with Crippen molar-refractivity contribution in [3.63, 3.8) is 0 Å². The molecule has 2 N–H and O–H groups in total. The molecule has 122 valence electrons. The molecule has 2 unspecified atom stereocenters. The third kappa shape index (κ3) is 4.39. The van der Waals surface area contributed by atoms with Crippen LogP contribution in [0.1, 0.15) is 19.8 Å². The molecular formula is C15H29N3O3. The second kappa shape index (κ2) is 8.08. The highest BCUT2D eigenvalue weighted by molar-refractivity contribution is 5.82. The minimum absolute atomic E-state index is 0.111. The zero-order valence-corrected chi connectivity index (χ0v) is 13.3. The molecule has 0 aromatic carbocycles. The summed E-state index contributed by atoms with van der Waals surface area (Å²) in [5.41, 5.74) is 6.20. The number of amides is 1. The van der Waals surface area contributed by atoms with Gasteiger partial charge in [0.25, 0.3) is 0 Å². The van der Waals surface area contributed by atoms with Gasteiger partial charge in [-0.25, -0.2) is 0 Å². The first-order valence-electron chi connectivity index (χ1n) is 7.98. The van der Waals surface area contributed by atoms with Crippen LogP contribution < -0.4 is 5.73 Å². The maximum atomic E-state index is 12.6. The van der Waals surface area contributed by atoms with Crippen LogP contribution in [0.2, 0.25) is 0 Å². The molecule has 2 heterocycles. The number of hydrogen-bond donors (Lipinski definition) is 1. The molecule has 1 amide bonds. The predicted molar refractivity (Wildman–Crippen MR) is 81.0 cm³/mol. The first-order valence-corrected chi connectivity index (χ1v) is 7.98. The summed E-state index contributed by atoms with van der Waals surface area (Å²) in [6.07, 6.45) is 1.80. The van der Waals surface area contributed by atoms with Gasteiger partial charge >= 0.3 is 0 Å². The minimum Gasteiger partial charge on any atom is -0.383 e. The average molecular weight is 299 g/mol. The van der Waals surface area contributed by atoms with Gasteiger partial charge in [-0.15, -0.1) is 0 Å². The van der Waals surface area contributed by atoms with E-state index in [-0.39, 0.29) is 17.9 Å². The SMILES string of the molecule is COCCN1CCN(C(=O)C(N)C2CCOCC2)CC1C. The van der Waals surface area contributed by atoms with Crippen molar-refractivity contribution in [2.45, 2.75) is 31.8 Å². The van der Waals surface area contributed by atoms with Gasteiger partial charge in [-0.3, -0.25) is 9.69 Å². The van der Waals surface area contributed by atoms with Crippen molar-refractivity contribution in [1.29, 1.82) is 0 Å². The molecule has 2 rings (SSSR count). The van der Waals surface area contributed by atoms with Gasteiger partial charge in [-0.2, -0.15) is 0 Å². The van der Waals surface area contributed by atoms with Gasteiger partial charge < -0.3 is 20.1 Å². The summed E-state index contributed by atoms with van der Waals surface area (Å²) in [5.74, 6) is 0.383. The quantitative estimate of drug-likeness (QED) is 0.769. The number of carbonyl (C=O) groups excluding carboxylic acids is 1. The van der Waals surface area contributed by atoms with Gasteiger partial charge in [-0.05, 0) is 25.7 Å². The van der Waals surface area contributed by atoms with Crippen LogP contribution in [0.15, 0.2) is 0 Å². The van der Waals surface area contributed by atoms with Gasteiger partial charge in [0.05, 0.1) is 12.6 Å². The Kier molecular flexibility index (Phi) is 6.41. The average Bonchev–Trinajstić information content (AvgIpc) is 2.53.